The van der Waals surface area contributed by atoms with Crippen molar-refractivity contribution in [3.8, 4) is 0 Å². The monoisotopic (exact) mass is 204 g/mol. The Kier molecular flexibility index (Phi) is 2.69. The molecule has 78 valence electrons. The van der Waals surface area contributed by atoms with Crippen LogP contribution in [0.25, 0.3) is 17.2 Å². The Labute approximate surface area is 86.4 Å². The zero-order valence-corrected chi connectivity index (χ0v) is 8.19. The van der Waals surface area contributed by atoms with E-state index in [2.05, 4.69) is 4.98 Å². The molecule has 4 heteroatoms. The molecule has 1 aromatic heterocycles. The molecule has 0 atom stereocenters. The molecule has 15 heavy (non-hydrogen) atoms. The van der Waals surface area contributed by atoms with Crippen LogP contribution in [0.2, 0.25) is 0 Å². The van der Waals surface area contributed by atoms with Crippen molar-refractivity contribution in [1.29, 1.82) is 0 Å². The van der Waals surface area contributed by atoms with Gasteiger partial charge in [-0.3, -0.25) is 4.98 Å². The second kappa shape index (κ2) is 4.14. The van der Waals surface area contributed by atoms with Gasteiger partial charge >= 0.3 is 5.76 Å². The summed E-state index contributed by atoms with van der Waals surface area (Å²) in [5, 5.41) is 0. The highest BCUT2D eigenvalue weighted by molar-refractivity contribution is 5.75. The Morgan fingerprint density at radius 1 is 1.47 bits per heavy atom. The molecule has 4 nitrogen and oxygen atoms in total. The average Bonchev–Trinajstić information content (AvgIpc) is 2.57. The van der Waals surface area contributed by atoms with Crippen LogP contribution >= 0.6 is 0 Å². The Morgan fingerprint density at radius 3 is 3.13 bits per heavy atom. The summed E-state index contributed by atoms with van der Waals surface area (Å²) < 4.78 is 4.95. The number of hydrogen-bond donors (Lipinski definition) is 2. The minimum atomic E-state index is -0.423. The number of hydrogen-bond acceptors (Lipinski definition) is 3. The van der Waals surface area contributed by atoms with Crippen LogP contribution in [0.5, 0.6) is 0 Å². The lowest BCUT2D eigenvalue weighted by Crippen LogP contribution is -1.94. The predicted molar refractivity (Wildman–Crippen MR) is 59.5 cm³/mol. The molecule has 0 radical (unpaired) electrons. The van der Waals surface area contributed by atoms with Crippen LogP contribution in [-0.2, 0) is 0 Å². The Balaban J connectivity index is 2.34. The summed E-state index contributed by atoms with van der Waals surface area (Å²) in [7, 11) is 0. The van der Waals surface area contributed by atoms with Crippen LogP contribution < -0.4 is 11.5 Å². The number of nitrogens with one attached hydrogen (secondary N) is 1. The first-order chi connectivity index (χ1) is 7.29. The van der Waals surface area contributed by atoms with Gasteiger partial charge in [-0.25, -0.2) is 4.79 Å². The highest BCUT2D eigenvalue weighted by Gasteiger charge is 1.99. The molecule has 0 aliphatic carbocycles. The third-order valence-corrected chi connectivity index (χ3v) is 2.09. The van der Waals surface area contributed by atoms with E-state index in [1.165, 1.54) is 0 Å². The topological polar surface area (TPSA) is 72.0 Å². The Morgan fingerprint density at radius 2 is 2.33 bits per heavy atom. The molecule has 0 saturated carbocycles. The molecule has 2 rings (SSSR count). The molecule has 0 spiro atoms. The van der Waals surface area contributed by atoms with Gasteiger partial charge in [-0.1, -0.05) is 18.2 Å². The van der Waals surface area contributed by atoms with Gasteiger partial charge in [-0.05, 0) is 30.7 Å². The summed E-state index contributed by atoms with van der Waals surface area (Å²) in [4.78, 5) is 13.5. The van der Waals surface area contributed by atoms with Gasteiger partial charge < -0.3 is 10.2 Å². The van der Waals surface area contributed by atoms with Gasteiger partial charge in [0.15, 0.2) is 5.58 Å². The number of fused-ring (bicyclic) bond motifs is 1. The summed E-state index contributed by atoms with van der Waals surface area (Å²) in [6.07, 6.45) is 4.79. The zero-order valence-electron chi connectivity index (χ0n) is 8.19. The first-order valence-electron chi connectivity index (χ1n) is 4.79. The quantitative estimate of drug-likeness (QED) is 0.795. The van der Waals surface area contributed by atoms with Crippen LogP contribution in [0.1, 0.15) is 12.0 Å². The summed E-state index contributed by atoms with van der Waals surface area (Å²) in [6.45, 7) is 0.637. The highest BCUT2D eigenvalue weighted by atomic mass is 16.4. The molecule has 0 bridgehead atoms. The van der Waals surface area contributed by atoms with Crippen LogP contribution in [0.15, 0.2) is 33.5 Å². The van der Waals surface area contributed by atoms with Crippen molar-refractivity contribution < 1.29 is 4.42 Å². The fourth-order valence-corrected chi connectivity index (χ4v) is 1.38. The van der Waals surface area contributed by atoms with Crippen molar-refractivity contribution in [2.24, 2.45) is 5.73 Å². The number of aromatic nitrogens is 1. The van der Waals surface area contributed by atoms with Crippen LogP contribution in [0.3, 0.4) is 0 Å². The molecular weight excluding hydrogens is 192 g/mol. The van der Waals surface area contributed by atoms with Crippen LogP contribution in [-0.4, -0.2) is 11.5 Å². The molecule has 0 aliphatic heterocycles. The minimum absolute atomic E-state index is 0.423. The number of nitrogens with two attached hydrogens (primary N) is 1. The van der Waals surface area contributed by atoms with Gasteiger partial charge in [0.05, 0.1) is 5.52 Å². The molecule has 1 aromatic carbocycles. The van der Waals surface area contributed by atoms with Crippen molar-refractivity contribution in [3.05, 3.63) is 40.4 Å². The maximum atomic E-state index is 10.9. The lowest BCUT2D eigenvalue weighted by molar-refractivity contribution is 0.555. The van der Waals surface area contributed by atoms with E-state index in [1.54, 1.807) is 0 Å². The summed E-state index contributed by atoms with van der Waals surface area (Å²) >= 11 is 0. The van der Waals surface area contributed by atoms with E-state index in [1.807, 2.05) is 30.4 Å². The second-order valence-corrected chi connectivity index (χ2v) is 3.25. The molecular formula is C11H12N2O2. The molecule has 0 unspecified atom stereocenters. The molecule has 0 amide bonds. The van der Waals surface area contributed by atoms with Gasteiger partial charge in [0.2, 0.25) is 0 Å². The minimum Gasteiger partial charge on any atom is -0.408 e. The van der Waals surface area contributed by atoms with Gasteiger partial charge in [-0.15, -0.1) is 0 Å². The number of H-pyrrole nitrogens is 1. The largest absolute Gasteiger partial charge is 0.417 e. The average molecular weight is 204 g/mol. The fourth-order valence-electron chi connectivity index (χ4n) is 1.38. The van der Waals surface area contributed by atoms with E-state index in [0.717, 1.165) is 17.5 Å². The number of rotatable bonds is 3. The van der Waals surface area contributed by atoms with Crippen molar-refractivity contribution in [1.82, 2.24) is 4.98 Å². The van der Waals surface area contributed by atoms with Crippen LogP contribution in [0.4, 0.5) is 0 Å². The van der Waals surface area contributed by atoms with E-state index < -0.39 is 5.76 Å². The predicted octanol–water partition coefficient (Wildman–Crippen LogP) is 1.48. The summed E-state index contributed by atoms with van der Waals surface area (Å²) in [6, 6.07) is 5.56. The summed E-state index contributed by atoms with van der Waals surface area (Å²) in [5.74, 6) is -0.423. The summed E-state index contributed by atoms with van der Waals surface area (Å²) in [5.41, 5.74) is 7.67. The first-order valence-corrected chi connectivity index (χ1v) is 4.79. The zero-order chi connectivity index (χ0) is 10.7. The molecule has 0 saturated heterocycles. The van der Waals surface area contributed by atoms with Crippen molar-refractivity contribution in [3.63, 3.8) is 0 Å². The Hall–Kier alpha value is -1.81. The van der Waals surface area contributed by atoms with Crippen molar-refractivity contribution in [2.75, 3.05) is 6.54 Å². The molecule has 0 aliphatic rings. The fraction of sp³-hybridized carbons (Fsp3) is 0.182. The maximum Gasteiger partial charge on any atom is 0.417 e. The standard InChI is InChI=1S/C11H12N2O2/c12-6-2-1-3-8-4-5-9-10(7-8)15-11(14)13-9/h1,3-5,7H,2,6,12H2,(H,13,14). The molecule has 1 heterocycles. The Bertz CT molecular complexity index is 537. The van der Waals surface area contributed by atoms with Gasteiger partial charge in [0.1, 0.15) is 0 Å². The van der Waals surface area contributed by atoms with E-state index >= 15 is 0 Å². The second-order valence-electron chi connectivity index (χ2n) is 3.25. The maximum absolute atomic E-state index is 10.9. The molecule has 0 fully saturated rings. The number of oxazole rings is 1. The van der Waals surface area contributed by atoms with Gasteiger partial charge in [0, 0.05) is 0 Å². The van der Waals surface area contributed by atoms with E-state index in [-0.39, 0.29) is 0 Å². The number of aromatic amines is 1. The normalized spacial score (nSPS) is 11.5. The molecule has 3 N–H and O–H groups in total. The van der Waals surface area contributed by atoms with E-state index in [0.29, 0.717) is 12.1 Å². The number of benzene rings is 1. The third kappa shape index (κ3) is 2.16. The third-order valence-electron chi connectivity index (χ3n) is 2.09. The van der Waals surface area contributed by atoms with E-state index in [9.17, 15) is 4.79 Å². The van der Waals surface area contributed by atoms with Crippen molar-refractivity contribution >= 4 is 17.2 Å². The first kappa shape index (κ1) is 9.73. The van der Waals surface area contributed by atoms with Crippen LogP contribution in [0, 0.1) is 0 Å². The lowest BCUT2D eigenvalue weighted by Gasteiger charge is -1.92. The van der Waals surface area contributed by atoms with E-state index in [4.69, 9.17) is 10.2 Å². The van der Waals surface area contributed by atoms with Gasteiger partial charge in [0.25, 0.3) is 0 Å². The van der Waals surface area contributed by atoms with Crippen molar-refractivity contribution in [2.45, 2.75) is 6.42 Å². The molecule has 2 aromatic rings. The smallest absolute Gasteiger partial charge is 0.408 e. The highest BCUT2D eigenvalue weighted by Crippen LogP contribution is 2.13. The van der Waals surface area contributed by atoms with Gasteiger partial charge in [-0.2, -0.15) is 0 Å². The SMILES string of the molecule is NCCC=Cc1ccc2[nH]c(=O)oc2c1. The lowest BCUT2D eigenvalue weighted by atomic mass is 10.2.